The molecule has 2 atom stereocenters. The number of aromatic nitrogens is 2. The minimum Gasteiger partial charge on any atom is -0.293 e. The van der Waals surface area contributed by atoms with Crippen LogP contribution in [0.3, 0.4) is 0 Å². The molecule has 0 bridgehead atoms. The molecule has 0 fully saturated rings. The van der Waals surface area contributed by atoms with Gasteiger partial charge in [-0.15, -0.1) is 0 Å². The quantitative estimate of drug-likeness (QED) is 0.144. The predicted octanol–water partition coefficient (Wildman–Crippen LogP) is 19.0. The van der Waals surface area contributed by atoms with Crippen LogP contribution in [0.15, 0.2) is 272 Å². The maximum atomic E-state index is 2.58. The van der Waals surface area contributed by atoms with Gasteiger partial charge in [-0.1, -0.05) is 231 Å². The fourth-order valence-corrected chi connectivity index (χ4v) is 12.9. The van der Waals surface area contributed by atoms with E-state index in [0.29, 0.717) is 0 Å². The third-order valence-electron chi connectivity index (χ3n) is 16.3. The summed E-state index contributed by atoms with van der Waals surface area (Å²) < 4.78 is 5.09. The SMILES string of the molecule is Cc1c(-c2ccccc2)c(C2C3=Cc4ccc(-c5ccccc5)cc4C3c3cc(-c4ccccc4)ccc32)cc(-c2ccccc2)c1-n1c2ccc(-c3ccccc3)cc2n2c3cc(-c4ccccc4)ccc3cc12. The van der Waals surface area contributed by atoms with Gasteiger partial charge in [0.05, 0.1) is 22.2 Å². The van der Waals surface area contributed by atoms with Gasteiger partial charge in [0, 0.05) is 22.8 Å². The normalized spacial score (nSPS) is 14.5. The number of imidazole rings is 1. The van der Waals surface area contributed by atoms with Crippen LogP contribution in [-0.4, -0.2) is 8.97 Å². The standard InChI is InChI=1S/C73H50N2/c1-47-70(53-30-18-7-19-31-53)65(71-60-38-36-55(49-22-10-3-11-23-49)41-63(60)72-61-40-54(48-20-8-2-9-21-48)32-34-58(61)42-64(71)72)46-62(52-28-16-6-17-29-52)73(47)75-66-39-37-57(51-26-14-5-15-27-51)44-68(66)74-67-43-56(50-24-12-4-13-25-50)33-35-59(67)45-69(74)75/h2-46,71-72H,1H3. The number of nitrogens with zero attached hydrogens (tertiary/aromatic N) is 2. The summed E-state index contributed by atoms with van der Waals surface area (Å²) in [6.07, 6.45) is 2.53. The van der Waals surface area contributed by atoms with Crippen LogP contribution >= 0.6 is 0 Å². The molecule has 75 heavy (non-hydrogen) atoms. The third kappa shape index (κ3) is 6.94. The van der Waals surface area contributed by atoms with Crippen LogP contribution in [0.1, 0.15) is 45.2 Å². The Labute approximate surface area is 437 Å². The Hall–Kier alpha value is -9.50. The third-order valence-corrected chi connectivity index (χ3v) is 16.3. The van der Waals surface area contributed by atoms with Crippen molar-refractivity contribution < 1.29 is 0 Å². The number of benzene rings is 11. The monoisotopic (exact) mass is 954 g/mol. The summed E-state index contributed by atoms with van der Waals surface area (Å²) in [6, 6.07) is 99.1. The molecule has 0 aliphatic heterocycles. The Morgan fingerprint density at radius 1 is 0.320 bits per heavy atom. The largest absolute Gasteiger partial charge is 0.293 e. The Morgan fingerprint density at radius 2 is 0.787 bits per heavy atom. The fourth-order valence-electron chi connectivity index (χ4n) is 12.9. The summed E-state index contributed by atoms with van der Waals surface area (Å²) in [4.78, 5) is 0. The predicted molar refractivity (Wildman–Crippen MR) is 314 cm³/mol. The van der Waals surface area contributed by atoms with Gasteiger partial charge in [0.1, 0.15) is 5.65 Å². The lowest BCUT2D eigenvalue weighted by atomic mass is 9.79. The van der Waals surface area contributed by atoms with Crippen LogP contribution in [-0.2, 0) is 0 Å². The number of allylic oxidation sites excluding steroid dienone is 1. The number of fused-ring (bicyclic) bond motifs is 10. The average Bonchev–Trinajstić information content (AvgIpc) is 4.28. The summed E-state index contributed by atoms with van der Waals surface area (Å²) in [6.45, 7) is 2.39. The second-order valence-electron chi connectivity index (χ2n) is 20.4. The van der Waals surface area contributed by atoms with Crippen molar-refractivity contribution in [3.63, 3.8) is 0 Å². The van der Waals surface area contributed by atoms with E-state index in [2.05, 4.69) is 289 Å². The van der Waals surface area contributed by atoms with Gasteiger partial charge >= 0.3 is 0 Å². The van der Waals surface area contributed by atoms with Gasteiger partial charge in [0.25, 0.3) is 0 Å². The zero-order chi connectivity index (χ0) is 49.6. The number of hydrogen-bond acceptors (Lipinski definition) is 0. The van der Waals surface area contributed by atoms with E-state index < -0.39 is 0 Å². The molecule has 0 amide bonds. The lowest BCUT2D eigenvalue weighted by molar-refractivity contribution is 0.938. The Bertz CT molecular complexity index is 4370. The van der Waals surface area contributed by atoms with Gasteiger partial charge in [0.15, 0.2) is 0 Å². The lowest BCUT2D eigenvalue weighted by Crippen LogP contribution is -2.09. The summed E-state index contributed by atoms with van der Waals surface area (Å²) in [7, 11) is 0. The molecular formula is C73H50N2. The molecule has 13 aromatic rings. The first kappa shape index (κ1) is 43.1. The molecule has 2 nitrogen and oxygen atoms in total. The van der Waals surface area contributed by atoms with Gasteiger partial charge in [-0.3, -0.25) is 8.97 Å². The van der Waals surface area contributed by atoms with Gasteiger partial charge < -0.3 is 0 Å². The first-order valence-corrected chi connectivity index (χ1v) is 26.2. The van der Waals surface area contributed by atoms with Crippen LogP contribution in [0, 0.1) is 6.92 Å². The van der Waals surface area contributed by atoms with E-state index in [1.165, 1.54) is 128 Å². The molecule has 2 aliphatic carbocycles. The van der Waals surface area contributed by atoms with Gasteiger partial charge in [-0.2, -0.15) is 0 Å². The van der Waals surface area contributed by atoms with Crippen molar-refractivity contribution in [3.05, 3.63) is 306 Å². The minimum absolute atomic E-state index is 0.00466. The second kappa shape index (κ2) is 17.3. The van der Waals surface area contributed by atoms with Crippen molar-refractivity contribution in [2.45, 2.75) is 18.8 Å². The van der Waals surface area contributed by atoms with Crippen molar-refractivity contribution in [1.29, 1.82) is 0 Å². The van der Waals surface area contributed by atoms with Crippen molar-refractivity contribution in [2.24, 2.45) is 0 Å². The molecule has 352 valence electrons. The summed E-state index contributed by atoms with van der Waals surface area (Å²) in [5, 5.41) is 1.20. The topological polar surface area (TPSA) is 9.34 Å². The first-order chi connectivity index (χ1) is 37.1. The first-order valence-electron chi connectivity index (χ1n) is 26.2. The van der Waals surface area contributed by atoms with Crippen molar-refractivity contribution in [1.82, 2.24) is 8.97 Å². The smallest absolute Gasteiger partial charge is 0.123 e. The zero-order valence-electron chi connectivity index (χ0n) is 41.5. The molecule has 0 spiro atoms. The molecule has 15 rings (SSSR count). The summed E-state index contributed by atoms with van der Waals surface area (Å²) in [5.41, 5.74) is 29.9. The van der Waals surface area contributed by atoms with E-state index in [1.54, 1.807) is 0 Å². The van der Waals surface area contributed by atoms with Crippen LogP contribution in [0.25, 0.3) is 106 Å². The van der Waals surface area contributed by atoms with Crippen molar-refractivity contribution >= 4 is 33.7 Å². The number of hydrogen-bond donors (Lipinski definition) is 0. The van der Waals surface area contributed by atoms with Crippen LogP contribution < -0.4 is 0 Å². The molecule has 11 aromatic carbocycles. The van der Waals surface area contributed by atoms with Crippen LogP contribution in [0.4, 0.5) is 0 Å². The lowest BCUT2D eigenvalue weighted by Gasteiger charge is -2.26. The molecule has 2 aromatic heterocycles. The fraction of sp³-hybridized carbons (Fsp3) is 0.0411. The highest BCUT2D eigenvalue weighted by Gasteiger charge is 2.43. The van der Waals surface area contributed by atoms with Gasteiger partial charge in [-0.25, -0.2) is 0 Å². The van der Waals surface area contributed by atoms with E-state index in [0.717, 1.165) is 11.2 Å². The minimum atomic E-state index is -0.00466. The van der Waals surface area contributed by atoms with E-state index in [4.69, 9.17) is 0 Å². The highest BCUT2D eigenvalue weighted by molar-refractivity contribution is 6.01. The highest BCUT2D eigenvalue weighted by atomic mass is 15.1. The molecule has 2 unspecified atom stereocenters. The van der Waals surface area contributed by atoms with E-state index in [9.17, 15) is 0 Å². The van der Waals surface area contributed by atoms with E-state index >= 15 is 0 Å². The summed E-state index contributed by atoms with van der Waals surface area (Å²) >= 11 is 0. The molecule has 2 heteroatoms. The molecule has 2 aliphatic rings. The summed E-state index contributed by atoms with van der Waals surface area (Å²) in [5.74, 6) is 0.104. The maximum absolute atomic E-state index is 2.58. The maximum Gasteiger partial charge on any atom is 0.123 e. The number of rotatable bonds is 8. The van der Waals surface area contributed by atoms with E-state index in [-0.39, 0.29) is 11.8 Å². The highest BCUT2D eigenvalue weighted by Crippen LogP contribution is 2.60. The molecule has 2 heterocycles. The van der Waals surface area contributed by atoms with Gasteiger partial charge in [-0.05, 0) is 150 Å². The van der Waals surface area contributed by atoms with E-state index in [1.807, 2.05) is 0 Å². The molecular weight excluding hydrogens is 905 g/mol. The molecule has 0 N–H and O–H groups in total. The second-order valence-corrected chi connectivity index (χ2v) is 20.4. The average molecular weight is 955 g/mol. The molecule has 0 radical (unpaired) electrons. The van der Waals surface area contributed by atoms with Crippen LogP contribution in [0.2, 0.25) is 0 Å². The van der Waals surface area contributed by atoms with Crippen LogP contribution in [0.5, 0.6) is 0 Å². The van der Waals surface area contributed by atoms with Crippen molar-refractivity contribution in [3.8, 4) is 72.4 Å². The van der Waals surface area contributed by atoms with Gasteiger partial charge in [0.2, 0.25) is 0 Å². The Balaban J connectivity index is 1.02. The zero-order valence-corrected chi connectivity index (χ0v) is 41.5. The Kier molecular flexibility index (Phi) is 9.96. The Morgan fingerprint density at radius 3 is 1.37 bits per heavy atom. The van der Waals surface area contributed by atoms with Crippen molar-refractivity contribution in [2.75, 3.05) is 0 Å². The molecule has 0 saturated heterocycles. The molecule has 0 saturated carbocycles.